The number of phenolic OH excluding ortho intramolecular Hbond substituents is 1. The van der Waals surface area contributed by atoms with Crippen LogP contribution in [-0.2, 0) is 30.3 Å². The molecule has 0 aromatic heterocycles. The molecule has 0 aliphatic carbocycles. The molecular weight excluding hydrogens is 498 g/mol. The van der Waals surface area contributed by atoms with Gasteiger partial charge in [0.15, 0.2) is 0 Å². The Balaban J connectivity index is 2.34. The fourth-order valence-electron chi connectivity index (χ4n) is 4.38. The van der Waals surface area contributed by atoms with Crippen LogP contribution in [0.2, 0.25) is 5.02 Å². The number of cyclic esters (lactones) is 1. The number of amides is 3. The number of rotatable bonds is 2. The summed E-state index contributed by atoms with van der Waals surface area (Å²) in [5.74, 6) is -2.22. The molecule has 0 saturated heterocycles. The van der Waals surface area contributed by atoms with Crippen molar-refractivity contribution in [3.8, 4) is 5.75 Å². The van der Waals surface area contributed by atoms with Gasteiger partial charge in [-0.3, -0.25) is 14.4 Å². The molecular formula is C27H38ClN3O6. The van der Waals surface area contributed by atoms with Crippen LogP contribution in [0.15, 0.2) is 29.8 Å². The van der Waals surface area contributed by atoms with Crippen molar-refractivity contribution >= 4 is 35.3 Å². The Morgan fingerprint density at radius 3 is 2.43 bits per heavy atom. The number of aromatic hydroxyl groups is 1. The first-order chi connectivity index (χ1) is 17.3. The summed E-state index contributed by atoms with van der Waals surface area (Å²) >= 11 is 6.03. The van der Waals surface area contributed by atoms with Gasteiger partial charge in [-0.1, -0.05) is 43.2 Å². The minimum atomic E-state index is -1.01. The maximum atomic E-state index is 13.3. The number of halogens is 1. The number of nitrogens with zero attached hydrogens (tertiary/aromatic N) is 1. The van der Waals surface area contributed by atoms with Crippen molar-refractivity contribution in [1.29, 1.82) is 0 Å². The van der Waals surface area contributed by atoms with E-state index in [9.17, 15) is 24.3 Å². The van der Waals surface area contributed by atoms with Crippen molar-refractivity contribution in [2.24, 2.45) is 11.8 Å². The van der Waals surface area contributed by atoms with E-state index in [1.807, 2.05) is 13.8 Å². The van der Waals surface area contributed by atoms with Gasteiger partial charge in [0.2, 0.25) is 17.7 Å². The average molecular weight is 536 g/mol. The van der Waals surface area contributed by atoms with Crippen molar-refractivity contribution in [3.63, 3.8) is 0 Å². The number of likely N-dealkylation sites (N-methyl/N-ethyl adjacent to an activating group) is 1. The molecule has 0 saturated carbocycles. The summed E-state index contributed by atoms with van der Waals surface area (Å²) in [6.07, 6.45) is 2.86. The smallest absolute Gasteiger partial charge is 0.328 e. The SMILES string of the molecule is CC1=C[C@H](C)C[C@H](C)OC(=O)[C@H](C)NC(=O)[C@@H](Cc2ccc(O)c(Cl)c2)N(C)C(=O)CNC(=O)[C@@H](C)C1. The van der Waals surface area contributed by atoms with Crippen LogP contribution in [0.5, 0.6) is 5.75 Å². The normalized spacial score (nSPS) is 27.4. The van der Waals surface area contributed by atoms with E-state index in [1.165, 1.54) is 31.0 Å². The van der Waals surface area contributed by atoms with Crippen molar-refractivity contribution < 1.29 is 29.0 Å². The molecule has 3 N–H and O–H groups in total. The summed E-state index contributed by atoms with van der Waals surface area (Å²) in [7, 11) is 1.46. The molecule has 1 aromatic rings. The van der Waals surface area contributed by atoms with Crippen molar-refractivity contribution in [2.45, 2.75) is 72.1 Å². The molecule has 0 fully saturated rings. The number of benzene rings is 1. The molecule has 1 aromatic carbocycles. The number of ether oxygens (including phenoxy) is 1. The van der Waals surface area contributed by atoms with Gasteiger partial charge < -0.3 is 25.4 Å². The van der Waals surface area contributed by atoms with Gasteiger partial charge in [0, 0.05) is 19.4 Å². The maximum Gasteiger partial charge on any atom is 0.328 e. The molecule has 3 amide bonds. The van der Waals surface area contributed by atoms with Gasteiger partial charge in [-0.2, -0.15) is 0 Å². The molecule has 0 spiro atoms. The van der Waals surface area contributed by atoms with E-state index < -0.39 is 29.9 Å². The molecule has 1 heterocycles. The monoisotopic (exact) mass is 535 g/mol. The van der Waals surface area contributed by atoms with Crippen LogP contribution >= 0.6 is 11.6 Å². The minimum Gasteiger partial charge on any atom is -0.506 e. The predicted octanol–water partition coefficient (Wildman–Crippen LogP) is 2.98. The third-order valence-corrected chi connectivity index (χ3v) is 6.70. The number of carbonyl (C=O) groups is 4. The third kappa shape index (κ3) is 9.07. The van der Waals surface area contributed by atoms with Crippen LogP contribution in [0, 0.1) is 11.8 Å². The first-order valence-electron chi connectivity index (χ1n) is 12.5. The fraction of sp³-hybridized carbons (Fsp3) is 0.556. The van der Waals surface area contributed by atoms with Gasteiger partial charge >= 0.3 is 5.97 Å². The van der Waals surface area contributed by atoms with Crippen LogP contribution in [0.1, 0.15) is 53.0 Å². The van der Waals surface area contributed by atoms with Crippen LogP contribution in [0.3, 0.4) is 0 Å². The Hall–Kier alpha value is -3.07. The predicted molar refractivity (Wildman–Crippen MR) is 141 cm³/mol. The average Bonchev–Trinajstić information content (AvgIpc) is 2.81. The molecule has 0 bridgehead atoms. The second kappa shape index (κ2) is 13.5. The van der Waals surface area contributed by atoms with Crippen molar-refractivity contribution in [1.82, 2.24) is 15.5 Å². The van der Waals surface area contributed by atoms with E-state index in [4.69, 9.17) is 16.3 Å². The van der Waals surface area contributed by atoms with Crippen LogP contribution in [-0.4, -0.2) is 65.5 Å². The number of phenols is 1. The molecule has 204 valence electrons. The molecule has 0 radical (unpaired) electrons. The summed E-state index contributed by atoms with van der Waals surface area (Å²) < 4.78 is 5.56. The molecule has 1 aliphatic rings. The number of hydrogen-bond donors (Lipinski definition) is 3. The van der Waals surface area contributed by atoms with E-state index in [0.29, 0.717) is 18.4 Å². The maximum absolute atomic E-state index is 13.3. The Labute approximate surface area is 223 Å². The topological polar surface area (TPSA) is 125 Å². The highest BCUT2D eigenvalue weighted by atomic mass is 35.5. The van der Waals surface area contributed by atoms with E-state index in [2.05, 4.69) is 16.7 Å². The molecule has 1 aliphatic heterocycles. The zero-order valence-corrected chi connectivity index (χ0v) is 23.1. The highest BCUT2D eigenvalue weighted by molar-refractivity contribution is 6.32. The standard InChI is InChI=1S/C27H38ClN3O6/c1-15-9-16(2)11-18(4)37-27(36)19(5)30-26(35)22(13-20-7-8-23(32)21(28)12-20)31(6)24(33)14-29-25(34)17(3)10-15/h7-9,12,16-19,22,32H,10-11,13-14H2,1-6H3,(H,29,34)(H,30,35)/t16-,17-,18-,19-,22+/m0/s1. The zero-order chi connectivity index (χ0) is 27.9. The Bertz CT molecular complexity index is 1040. The van der Waals surface area contributed by atoms with Crippen molar-refractivity contribution in [2.75, 3.05) is 13.6 Å². The lowest BCUT2D eigenvalue weighted by atomic mass is 9.96. The van der Waals surface area contributed by atoms with E-state index in [1.54, 1.807) is 19.9 Å². The highest BCUT2D eigenvalue weighted by Gasteiger charge is 2.31. The van der Waals surface area contributed by atoms with Crippen LogP contribution in [0.25, 0.3) is 0 Å². The van der Waals surface area contributed by atoms with Crippen LogP contribution < -0.4 is 10.6 Å². The fourth-order valence-corrected chi connectivity index (χ4v) is 4.58. The van der Waals surface area contributed by atoms with E-state index >= 15 is 0 Å². The minimum absolute atomic E-state index is 0.0676. The second-order valence-corrected chi connectivity index (χ2v) is 10.4. The number of carbonyl (C=O) groups excluding carboxylic acids is 4. The zero-order valence-electron chi connectivity index (χ0n) is 22.3. The van der Waals surface area contributed by atoms with Gasteiger partial charge in [-0.25, -0.2) is 4.79 Å². The van der Waals surface area contributed by atoms with Gasteiger partial charge in [0.25, 0.3) is 0 Å². The number of hydrogen-bond acceptors (Lipinski definition) is 6. The largest absolute Gasteiger partial charge is 0.506 e. The summed E-state index contributed by atoms with van der Waals surface area (Å²) in [5.41, 5.74) is 1.63. The van der Waals surface area contributed by atoms with E-state index in [-0.39, 0.29) is 47.6 Å². The summed E-state index contributed by atoms with van der Waals surface area (Å²) in [5, 5.41) is 15.2. The summed E-state index contributed by atoms with van der Waals surface area (Å²) in [6.45, 7) is 8.79. The molecule has 37 heavy (non-hydrogen) atoms. The lowest BCUT2D eigenvalue weighted by Gasteiger charge is -2.29. The lowest BCUT2D eigenvalue weighted by Crippen LogP contribution is -2.54. The van der Waals surface area contributed by atoms with Gasteiger partial charge in [-0.15, -0.1) is 0 Å². The van der Waals surface area contributed by atoms with Crippen molar-refractivity contribution in [3.05, 3.63) is 40.4 Å². The molecule has 5 atom stereocenters. The Morgan fingerprint density at radius 1 is 1.11 bits per heavy atom. The Kier molecular flexibility index (Phi) is 11.0. The lowest BCUT2D eigenvalue weighted by molar-refractivity contribution is -0.153. The second-order valence-electron chi connectivity index (χ2n) is 10.0. The summed E-state index contributed by atoms with van der Waals surface area (Å²) in [6, 6.07) is 2.54. The number of nitrogens with one attached hydrogen (secondary N) is 2. The molecule has 10 heteroatoms. The number of allylic oxidation sites excluding steroid dienone is 2. The molecule has 9 nitrogen and oxygen atoms in total. The molecule has 0 unspecified atom stereocenters. The van der Waals surface area contributed by atoms with Gasteiger partial charge in [-0.05, 0) is 57.2 Å². The quantitative estimate of drug-likeness (QED) is 0.395. The molecule has 2 rings (SSSR count). The first-order valence-corrected chi connectivity index (χ1v) is 12.8. The third-order valence-electron chi connectivity index (χ3n) is 6.40. The number of esters is 1. The van der Waals surface area contributed by atoms with E-state index in [0.717, 1.165) is 5.57 Å². The summed E-state index contributed by atoms with van der Waals surface area (Å²) in [4.78, 5) is 52.8. The first kappa shape index (κ1) is 30.2. The van der Waals surface area contributed by atoms with Crippen LogP contribution in [0.4, 0.5) is 0 Å². The van der Waals surface area contributed by atoms with Gasteiger partial charge in [0.1, 0.15) is 17.8 Å². The van der Waals surface area contributed by atoms with Gasteiger partial charge in [0.05, 0.1) is 17.7 Å². The highest BCUT2D eigenvalue weighted by Crippen LogP contribution is 2.25. The Morgan fingerprint density at radius 2 is 1.78 bits per heavy atom.